The Morgan fingerprint density at radius 1 is 0.221 bits per heavy atom. The Morgan fingerprint density at radius 2 is 0.529 bits per heavy atom. The molecule has 12 rings (SSSR count). The largest absolute Gasteiger partial charge is 0.311 e. The highest BCUT2D eigenvalue weighted by Crippen LogP contribution is 2.43. The highest BCUT2D eigenvalue weighted by Gasteiger charge is 2.17. The summed E-state index contributed by atoms with van der Waals surface area (Å²) in [6.07, 6.45) is 0. The third-order valence-corrected chi connectivity index (χ3v) is 14.3. The lowest BCUT2D eigenvalue weighted by molar-refractivity contribution is 1.28. The first kappa shape index (κ1) is 40.9. The minimum absolute atomic E-state index is 1.08. The van der Waals surface area contributed by atoms with E-state index in [1.807, 2.05) is 11.3 Å². The summed E-state index contributed by atoms with van der Waals surface area (Å²) >= 11 is 1.87. The molecule has 68 heavy (non-hydrogen) atoms. The highest BCUT2D eigenvalue weighted by molar-refractivity contribution is 7.26. The Balaban J connectivity index is 0.948. The molecule has 1 aromatic heterocycles. The van der Waals surface area contributed by atoms with E-state index in [1.165, 1.54) is 98.1 Å². The summed E-state index contributed by atoms with van der Waals surface area (Å²) < 4.78 is 2.64. The molecule has 0 unspecified atom stereocenters. The molecular weight excluding hydrogens is 839 g/mol. The molecule has 0 saturated carbocycles. The van der Waals surface area contributed by atoms with Crippen molar-refractivity contribution in [3.8, 4) is 77.9 Å². The number of benzene rings is 11. The minimum Gasteiger partial charge on any atom is -0.311 e. The quantitative estimate of drug-likeness (QED) is 0.132. The van der Waals surface area contributed by atoms with Crippen molar-refractivity contribution in [2.45, 2.75) is 0 Å². The Kier molecular flexibility index (Phi) is 10.8. The maximum absolute atomic E-state index is 2.38. The van der Waals surface area contributed by atoms with Gasteiger partial charge in [0.25, 0.3) is 0 Å². The van der Waals surface area contributed by atoms with Gasteiger partial charge in [-0.25, -0.2) is 0 Å². The van der Waals surface area contributed by atoms with Crippen molar-refractivity contribution < 1.29 is 0 Å². The zero-order valence-electron chi connectivity index (χ0n) is 37.3. The fourth-order valence-electron chi connectivity index (χ4n) is 9.60. The number of hydrogen-bond donors (Lipinski definition) is 0. The van der Waals surface area contributed by atoms with Crippen molar-refractivity contribution in [2.75, 3.05) is 4.90 Å². The SMILES string of the molecule is c1ccc(-c2cc(-c3ccccc3)cc(-c3ccc(N(c4ccc(-c5cc(-c6ccccc6)cc(-c6ccccc6)c5)cc4)c4ccc(-c5cccc6c5sc5ccccc56)cc4)cc3)c2)cc1. The van der Waals surface area contributed by atoms with Gasteiger partial charge in [0.05, 0.1) is 0 Å². The van der Waals surface area contributed by atoms with E-state index in [-0.39, 0.29) is 0 Å². The summed E-state index contributed by atoms with van der Waals surface area (Å²) in [5.41, 5.74) is 20.0. The van der Waals surface area contributed by atoms with Crippen LogP contribution >= 0.6 is 11.3 Å². The molecule has 320 valence electrons. The van der Waals surface area contributed by atoms with Gasteiger partial charge < -0.3 is 4.90 Å². The van der Waals surface area contributed by atoms with Crippen LogP contribution in [0.2, 0.25) is 0 Å². The zero-order chi connectivity index (χ0) is 45.2. The number of thiophene rings is 1. The van der Waals surface area contributed by atoms with Crippen LogP contribution in [0.1, 0.15) is 0 Å². The summed E-state index contributed by atoms with van der Waals surface area (Å²) in [4.78, 5) is 2.38. The molecular formula is C66H45NS. The van der Waals surface area contributed by atoms with Crippen LogP contribution in [0, 0.1) is 0 Å². The lowest BCUT2D eigenvalue weighted by Gasteiger charge is -2.26. The molecule has 0 saturated heterocycles. The zero-order valence-corrected chi connectivity index (χ0v) is 38.2. The molecule has 0 fully saturated rings. The monoisotopic (exact) mass is 883 g/mol. The van der Waals surface area contributed by atoms with E-state index >= 15 is 0 Å². The Morgan fingerprint density at radius 3 is 0.912 bits per heavy atom. The second-order valence-electron chi connectivity index (χ2n) is 17.3. The van der Waals surface area contributed by atoms with E-state index in [0.717, 1.165) is 17.1 Å². The molecule has 0 aliphatic carbocycles. The maximum Gasteiger partial charge on any atom is 0.0462 e. The summed E-state index contributed by atoms with van der Waals surface area (Å²) in [5.74, 6) is 0. The van der Waals surface area contributed by atoms with Gasteiger partial charge >= 0.3 is 0 Å². The third-order valence-electron chi connectivity index (χ3n) is 13.1. The van der Waals surface area contributed by atoms with Gasteiger partial charge in [-0.05, 0) is 157 Å². The fourth-order valence-corrected chi connectivity index (χ4v) is 10.8. The molecule has 0 aliphatic rings. The first-order valence-electron chi connectivity index (χ1n) is 23.2. The van der Waals surface area contributed by atoms with E-state index in [0.29, 0.717) is 0 Å². The molecule has 0 amide bonds. The molecule has 0 atom stereocenters. The molecule has 12 aromatic rings. The fraction of sp³-hybridized carbons (Fsp3) is 0. The van der Waals surface area contributed by atoms with E-state index in [1.54, 1.807) is 0 Å². The minimum atomic E-state index is 1.08. The third kappa shape index (κ3) is 8.08. The van der Waals surface area contributed by atoms with E-state index in [9.17, 15) is 0 Å². The molecule has 0 bridgehead atoms. The standard InChI is InChI=1S/C66H45NS/c1-5-16-46(17-6-1)53-40-54(47-18-7-2-8-19-47)43-57(42-53)50-28-34-59(35-29-50)67(61-38-32-52(33-39-61)62-25-15-26-64-63-24-13-14-27-65(63)68-66(62)64)60-36-30-51(31-37-60)58-44-55(48-20-9-3-10-21-48)41-56(45-58)49-22-11-4-12-23-49/h1-45H. The van der Waals surface area contributed by atoms with E-state index in [4.69, 9.17) is 0 Å². The van der Waals surface area contributed by atoms with Crippen LogP contribution in [0.15, 0.2) is 273 Å². The van der Waals surface area contributed by atoms with Crippen molar-refractivity contribution in [3.05, 3.63) is 273 Å². The molecule has 0 aliphatic heterocycles. The number of fused-ring (bicyclic) bond motifs is 3. The Hall–Kier alpha value is -8.56. The number of anilines is 3. The second-order valence-corrected chi connectivity index (χ2v) is 18.4. The predicted molar refractivity (Wildman–Crippen MR) is 292 cm³/mol. The molecule has 0 radical (unpaired) electrons. The predicted octanol–water partition coefficient (Wildman–Crippen LogP) is 19.2. The lowest BCUT2D eigenvalue weighted by Crippen LogP contribution is -2.09. The van der Waals surface area contributed by atoms with Crippen molar-refractivity contribution >= 4 is 48.6 Å². The maximum atomic E-state index is 2.38. The van der Waals surface area contributed by atoms with Gasteiger partial charge in [0, 0.05) is 37.2 Å². The molecule has 1 nitrogen and oxygen atoms in total. The van der Waals surface area contributed by atoms with E-state index < -0.39 is 0 Å². The summed E-state index contributed by atoms with van der Waals surface area (Å²) in [5, 5.41) is 2.62. The van der Waals surface area contributed by atoms with Crippen LogP contribution in [-0.4, -0.2) is 0 Å². The first-order valence-corrected chi connectivity index (χ1v) is 24.0. The van der Waals surface area contributed by atoms with Crippen LogP contribution in [0.5, 0.6) is 0 Å². The summed E-state index contributed by atoms with van der Waals surface area (Å²) in [7, 11) is 0. The number of nitrogens with zero attached hydrogens (tertiary/aromatic N) is 1. The average Bonchev–Trinajstić information content (AvgIpc) is 3.81. The molecule has 1 heterocycles. The second kappa shape index (κ2) is 18.0. The first-order chi connectivity index (χ1) is 33.7. The molecule has 2 heteroatoms. The number of rotatable bonds is 10. The van der Waals surface area contributed by atoms with Crippen molar-refractivity contribution in [1.82, 2.24) is 0 Å². The summed E-state index contributed by atoms with van der Waals surface area (Å²) in [6, 6.07) is 99.3. The van der Waals surface area contributed by atoms with Crippen LogP contribution in [-0.2, 0) is 0 Å². The number of hydrogen-bond acceptors (Lipinski definition) is 2. The van der Waals surface area contributed by atoms with Crippen molar-refractivity contribution in [3.63, 3.8) is 0 Å². The topological polar surface area (TPSA) is 3.24 Å². The van der Waals surface area contributed by atoms with Gasteiger partial charge in [0.15, 0.2) is 0 Å². The molecule has 0 spiro atoms. The van der Waals surface area contributed by atoms with E-state index in [2.05, 4.69) is 278 Å². The lowest BCUT2D eigenvalue weighted by atomic mass is 9.93. The highest BCUT2D eigenvalue weighted by atomic mass is 32.1. The molecule has 11 aromatic carbocycles. The molecule has 0 N–H and O–H groups in total. The normalized spacial score (nSPS) is 11.2. The van der Waals surface area contributed by atoms with Crippen LogP contribution in [0.3, 0.4) is 0 Å². The van der Waals surface area contributed by atoms with Gasteiger partial charge in [-0.15, -0.1) is 11.3 Å². The summed E-state index contributed by atoms with van der Waals surface area (Å²) in [6.45, 7) is 0. The smallest absolute Gasteiger partial charge is 0.0462 e. The van der Waals surface area contributed by atoms with Gasteiger partial charge in [-0.2, -0.15) is 0 Å². The Bertz CT molecular complexity index is 3390. The van der Waals surface area contributed by atoms with Gasteiger partial charge in [-0.1, -0.05) is 194 Å². The van der Waals surface area contributed by atoms with Gasteiger partial charge in [-0.3, -0.25) is 0 Å². The average molecular weight is 884 g/mol. The van der Waals surface area contributed by atoms with Crippen LogP contribution < -0.4 is 4.90 Å². The van der Waals surface area contributed by atoms with Crippen LogP contribution in [0.25, 0.3) is 98.1 Å². The van der Waals surface area contributed by atoms with Crippen molar-refractivity contribution in [1.29, 1.82) is 0 Å². The van der Waals surface area contributed by atoms with Gasteiger partial charge in [0.1, 0.15) is 0 Å². The van der Waals surface area contributed by atoms with Crippen molar-refractivity contribution in [2.24, 2.45) is 0 Å². The van der Waals surface area contributed by atoms with Gasteiger partial charge in [0.2, 0.25) is 0 Å². The van der Waals surface area contributed by atoms with Crippen LogP contribution in [0.4, 0.5) is 17.1 Å². The Labute approximate surface area is 402 Å².